The number of para-hydroxylation sites is 1. The van der Waals surface area contributed by atoms with E-state index in [1.54, 1.807) is 31.2 Å². The summed E-state index contributed by atoms with van der Waals surface area (Å²) in [6.07, 6.45) is 1.18. The Morgan fingerprint density at radius 2 is 1.76 bits per heavy atom. The number of likely N-dealkylation sites (tertiary alicyclic amines) is 1. The number of amides is 1. The van der Waals surface area contributed by atoms with Gasteiger partial charge in [-0.05, 0) is 24.6 Å². The smallest absolute Gasteiger partial charge is 0.335 e. The summed E-state index contributed by atoms with van der Waals surface area (Å²) < 4.78 is 5.77. The molecule has 0 bridgehead atoms. The summed E-state index contributed by atoms with van der Waals surface area (Å²) in [6.45, 7) is 4.00. The van der Waals surface area contributed by atoms with Crippen molar-refractivity contribution >= 4 is 29.2 Å². The molecule has 1 saturated heterocycles. The van der Waals surface area contributed by atoms with Crippen LogP contribution in [-0.2, 0) is 20.9 Å². The Morgan fingerprint density at radius 3 is 2.45 bits per heavy atom. The van der Waals surface area contributed by atoms with E-state index in [1.165, 1.54) is 5.56 Å². The Labute approximate surface area is 175 Å². The highest BCUT2D eigenvalue weighted by molar-refractivity contribution is 6.34. The van der Waals surface area contributed by atoms with Gasteiger partial charge in [0.05, 0.1) is 16.3 Å². The second-order valence-electron chi connectivity index (χ2n) is 7.58. The number of rotatable bonds is 4. The van der Waals surface area contributed by atoms with Crippen molar-refractivity contribution in [2.45, 2.75) is 31.9 Å². The van der Waals surface area contributed by atoms with Crippen LogP contribution in [0.1, 0.15) is 25.3 Å². The number of ether oxygens (including phenoxy) is 1. The molecule has 5 nitrogen and oxygen atoms in total. The standard InChI is InChI=1S/C23H23ClN2O3/c1-16-20(21(27)25-19-10-6-5-9-18(19)24)23(29-22(16)28)11-13-26(14-12-23)15-17-7-3-2-4-8-17/h2-10H,11-15H2,1H3,(H,25,27). The van der Waals surface area contributed by atoms with Crippen molar-refractivity contribution in [3.8, 4) is 0 Å². The molecule has 150 valence electrons. The zero-order valence-electron chi connectivity index (χ0n) is 16.3. The molecule has 0 radical (unpaired) electrons. The second kappa shape index (κ2) is 8.01. The topological polar surface area (TPSA) is 58.6 Å². The lowest BCUT2D eigenvalue weighted by Gasteiger charge is -2.39. The highest BCUT2D eigenvalue weighted by atomic mass is 35.5. The zero-order chi connectivity index (χ0) is 20.4. The molecule has 2 aliphatic heterocycles. The van der Waals surface area contributed by atoms with Crippen LogP contribution in [0.4, 0.5) is 5.69 Å². The van der Waals surface area contributed by atoms with Crippen molar-refractivity contribution in [2.75, 3.05) is 18.4 Å². The van der Waals surface area contributed by atoms with Gasteiger partial charge in [0.15, 0.2) is 0 Å². The molecule has 2 aromatic rings. The summed E-state index contributed by atoms with van der Waals surface area (Å²) in [7, 11) is 0. The van der Waals surface area contributed by atoms with Gasteiger partial charge in [0.25, 0.3) is 5.91 Å². The number of halogens is 1. The Morgan fingerprint density at radius 1 is 1.10 bits per heavy atom. The fourth-order valence-electron chi connectivity index (χ4n) is 4.14. The van der Waals surface area contributed by atoms with E-state index in [9.17, 15) is 9.59 Å². The molecule has 0 unspecified atom stereocenters. The molecule has 29 heavy (non-hydrogen) atoms. The predicted octanol–water partition coefficient (Wildman–Crippen LogP) is 4.19. The van der Waals surface area contributed by atoms with Crippen LogP contribution >= 0.6 is 11.6 Å². The van der Waals surface area contributed by atoms with E-state index in [0.29, 0.717) is 34.7 Å². The maximum Gasteiger partial charge on any atom is 0.335 e. The van der Waals surface area contributed by atoms with Crippen molar-refractivity contribution in [1.29, 1.82) is 0 Å². The normalized spacial score (nSPS) is 18.8. The van der Waals surface area contributed by atoms with Gasteiger partial charge in [-0.25, -0.2) is 4.79 Å². The Balaban J connectivity index is 1.50. The van der Waals surface area contributed by atoms with Gasteiger partial charge < -0.3 is 10.1 Å². The highest BCUT2D eigenvalue weighted by Crippen LogP contribution is 2.42. The molecular weight excluding hydrogens is 388 g/mol. The number of hydrogen-bond acceptors (Lipinski definition) is 4. The third-order valence-corrected chi connectivity index (χ3v) is 6.02. The van der Waals surface area contributed by atoms with Crippen LogP contribution in [0.2, 0.25) is 5.02 Å². The molecule has 0 saturated carbocycles. The van der Waals surface area contributed by atoms with E-state index in [2.05, 4.69) is 22.3 Å². The van der Waals surface area contributed by atoms with E-state index < -0.39 is 11.6 Å². The van der Waals surface area contributed by atoms with Crippen LogP contribution in [0, 0.1) is 0 Å². The number of nitrogens with one attached hydrogen (secondary N) is 1. The summed E-state index contributed by atoms with van der Waals surface area (Å²) >= 11 is 6.18. The zero-order valence-corrected chi connectivity index (χ0v) is 17.0. The van der Waals surface area contributed by atoms with Crippen molar-refractivity contribution in [3.05, 3.63) is 76.3 Å². The maximum absolute atomic E-state index is 13.1. The van der Waals surface area contributed by atoms with E-state index in [1.807, 2.05) is 18.2 Å². The Bertz CT molecular complexity index is 963. The van der Waals surface area contributed by atoms with E-state index in [0.717, 1.165) is 19.6 Å². The molecule has 4 rings (SSSR count). The van der Waals surface area contributed by atoms with Crippen LogP contribution in [0.3, 0.4) is 0 Å². The Kier molecular flexibility index (Phi) is 5.43. The van der Waals surface area contributed by atoms with Gasteiger partial charge in [0.2, 0.25) is 0 Å². The predicted molar refractivity (Wildman–Crippen MR) is 113 cm³/mol. The average molecular weight is 411 g/mol. The van der Waals surface area contributed by atoms with Crippen LogP contribution in [-0.4, -0.2) is 35.5 Å². The first-order chi connectivity index (χ1) is 14.0. The first-order valence-electron chi connectivity index (χ1n) is 9.75. The largest absolute Gasteiger partial charge is 0.450 e. The SMILES string of the molecule is CC1=C(C(=O)Nc2ccccc2Cl)C2(CCN(Cc3ccccc3)CC2)OC1=O. The number of piperidine rings is 1. The molecule has 2 heterocycles. The monoisotopic (exact) mass is 410 g/mol. The van der Waals surface area contributed by atoms with Gasteiger partial charge in [0.1, 0.15) is 5.60 Å². The lowest BCUT2D eigenvalue weighted by atomic mass is 9.82. The minimum absolute atomic E-state index is 0.321. The fourth-order valence-corrected chi connectivity index (χ4v) is 4.32. The van der Waals surface area contributed by atoms with Crippen molar-refractivity contribution < 1.29 is 14.3 Å². The summed E-state index contributed by atoms with van der Waals surface area (Å²) in [6, 6.07) is 17.3. The average Bonchev–Trinajstić information content (AvgIpc) is 2.96. The van der Waals surface area contributed by atoms with Crippen LogP contribution < -0.4 is 5.32 Å². The molecule has 1 N–H and O–H groups in total. The van der Waals surface area contributed by atoms with Crippen molar-refractivity contribution in [2.24, 2.45) is 0 Å². The minimum atomic E-state index is -0.861. The quantitative estimate of drug-likeness (QED) is 0.768. The van der Waals surface area contributed by atoms with Gasteiger partial charge in [-0.2, -0.15) is 0 Å². The van der Waals surface area contributed by atoms with Gasteiger partial charge in [-0.15, -0.1) is 0 Å². The summed E-state index contributed by atoms with van der Waals surface area (Å²) in [5, 5.41) is 3.31. The maximum atomic E-state index is 13.1. The first kappa shape index (κ1) is 19.7. The molecule has 1 spiro atoms. The molecule has 2 aromatic carbocycles. The minimum Gasteiger partial charge on any atom is -0.450 e. The van der Waals surface area contributed by atoms with E-state index in [4.69, 9.17) is 16.3 Å². The lowest BCUT2D eigenvalue weighted by molar-refractivity contribution is -0.150. The number of carbonyl (C=O) groups excluding carboxylic acids is 2. The molecule has 1 amide bonds. The molecule has 2 aliphatic rings. The van der Waals surface area contributed by atoms with Crippen LogP contribution in [0.15, 0.2) is 65.7 Å². The van der Waals surface area contributed by atoms with Crippen LogP contribution in [0.25, 0.3) is 0 Å². The number of nitrogens with zero attached hydrogens (tertiary/aromatic N) is 1. The fraction of sp³-hybridized carbons (Fsp3) is 0.304. The number of anilines is 1. The summed E-state index contributed by atoms with van der Waals surface area (Å²) in [5.41, 5.74) is 1.72. The van der Waals surface area contributed by atoms with Crippen molar-refractivity contribution in [1.82, 2.24) is 4.90 Å². The molecule has 1 fully saturated rings. The highest BCUT2D eigenvalue weighted by Gasteiger charge is 2.50. The molecule has 0 aromatic heterocycles. The van der Waals surface area contributed by atoms with E-state index >= 15 is 0 Å². The number of benzene rings is 2. The number of esters is 1. The first-order valence-corrected chi connectivity index (χ1v) is 10.1. The number of hydrogen-bond donors (Lipinski definition) is 1. The Hall–Kier alpha value is -2.63. The summed E-state index contributed by atoms with van der Waals surface area (Å²) in [4.78, 5) is 27.8. The molecule has 0 atom stereocenters. The third kappa shape index (κ3) is 3.93. The van der Waals surface area contributed by atoms with Gasteiger partial charge in [0, 0.05) is 38.0 Å². The lowest BCUT2D eigenvalue weighted by Crippen LogP contribution is -2.47. The molecule has 0 aliphatic carbocycles. The third-order valence-electron chi connectivity index (χ3n) is 5.69. The second-order valence-corrected chi connectivity index (χ2v) is 7.99. The van der Waals surface area contributed by atoms with Crippen LogP contribution in [0.5, 0.6) is 0 Å². The summed E-state index contributed by atoms with van der Waals surface area (Å²) in [5.74, 6) is -0.733. The van der Waals surface area contributed by atoms with Gasteiger partial charge >= 0.3 is 5.97 Å². The molecule has 6 heteroatoms. The van der Waals surface area contributed by atoms with Gasteiger partial charge in [-0.3, -0.25) is 9.69 Å². The van der Waals surface area contributed by atoms with Crippen molar-refractivity contribution in [3.63, 3.8) is 0 Å². The number of carbonyl (C=O) groups is 2. The molecular formula is C23H23ClN2O3. The van der Waals surface area contributed by atoms with Gasteiger partial charge in [-0.1, -0.05) is 54.1 Å². The van der Waals surface area contributed by atoms with E-state index in [-0.39, 0.29) is 5.91 Å².